The lowest BCUT2D eigenvalue weighted by atomic mass is 9.99. The molecule has 2 fully saturated rings. The van der Waals surface area contributed by atoms with E-state index in [0.717, 1.165) is 31.6 Å². The molecule has 2 N–H and O–H groups in total. The summed E-state index contributed by atoms with van der Waals surface area (Å²) in [5, 5.41) is 6.84. The van der Waals surface area contributed by atoms with Crippen molar-refractivity contribution in [2.24, 2.45) is 10.9 Å². The van der Waals surface area contributed by atoms with Gasteiger partial charge in [-0.25, -0.2) is 0 Å². The molecule has 0 radical (unpaired) electrons. The minimum Gasteiger partial charge on any atom is -0.376 e. The Hall–Kier alpha value is -0.810. The van der Waals surface area contributed by atoms with Gasteiger partial charge in [0.25, 0.3) is 0 Å². The lowest BCUT2D eigenvalue weighted by Crippen LogP contribution is -2.44. The highest BCUT2D eigenvalue weighted by molar-refractivity contribution is 5.79. The summed E-state index contributed by atoms with van der Waals surface area (Å²) in [5.41, 5.74) is 0. The Balaban J connectivity index is 1.55. The van der Waals surface area contributed by atoms with Crippen molar-refractivity contribution < 1.29 is 4.74 Å². The molecule has 0 amide bonds. The third kappa shape index (κ3) is 7.53. The number of likely N-dealkylation sites (tertiary alicyclic amines) is 1. The lowest BCUT2D eigenvalue weighted by molar-refractivity contribution is 0.0468. The molecule has 134 valence electrons. The minimum absolute atomic E-state index is 0.479. The van der Waals surface area contributed by atoms with E-state index < -0.39 is 0 Å². The SMILES string of the molecule is CN=C(NCCOC1CCCCCC1)NCC1CCCN(C)C1. The van der Waals surface area contributed by atoms with Crippen molar-refractivity contribution in [2.45, 2.75) is 57.5 Å². The maximum absolute atomic E-state index is 6.01. The van der Waals surface area contributed by atoms with Crippen LogP contribution in [0.3, 0.4) is 0 Å². The Labute approximate surface area is 142 Å². The third-order valence-electron chi connectivity index (χ3n) is 5.05. The summed E-state index contributed by atoms with van der Waals surface area (Å²) < 4.78 is 6.01. The molecule has 2 aliphatic rings. The van der Waals surface area contributed by atoms with E-state index >= 15 is 0 Å². The van der Waals surface area contributed by atoms with Crippen LogP contribution >= 0.6 is 0 Å². The second-order valence-electron chi connectivity index (χ2n) is 7.13. The number of ether oxygens (including phenoxy) is 1. The molecule has 5 heteroatoms. The maximum atomic E-state index is 6.01. The molecule has 1 aliphatic heterocycles. The lowest BCUT2D eigenvalue weighted by Gasteiger charge is -2.30. The van der Waals surface area contributed by atoms with Crippen LogP contribution in [-0.4, -0.2) is 63.8 Å². The highest BCUT2D eigenvalue weighted by Crippen LogP contribution is 2.19. The van der Waals surface area contributed by atoms with Gasteiger partial charge in [0.2, 0.25) is 0 Å². The Morgan fingerprint density at radius 3 is 2.57 bits per heavy atom. The minimum atomic E-state index is 0.479. The molecule has 0 aromatic heterocycles. The van der Waals surface area contributed by atoms with Crippen molar-refractivity contribution in [1.82, 2.24) is 15.5 Å². The predicted octanol–water partition coefficient (Wildman–Crippen LogP) is 2.23. The number of hydrogen-bond donors (Lipinski definition) is 2. The summed E-state index contributed by atoms with van der Waals surface area (Å²) in [6, 6.07) is 0. The zero-order valence-corrected chi connectivity index (χ0v) is 15.1. The molecule has 1 saturated carbocycles. The monoisotopic (exact) mass is 324 g/mol. The largest absolute Gasteiger partial charge is 0.376 e. The number of nitrogens with zero attached hydrogens (tertiary/aromatic N) is 2. The van der Waals surface area contributed by atoms with E-state index in [1.807, 2.05) is 7.05 Å². The summed E-state index contributed by atoms with van der Waals surface area (Å²) in [6.45, 7) is 5.04. The number of nitrogens with one attached hydrogen (secondary N) is 2. The Kier molecular flexibility index (Phi) is 8.76. The van der Waals surface area contributed by atoms with Gasteiger partial charge in [-0.2, -0.15) is 0 Å². The summed E-state index contributed by atoms with van der Waals surface area (Å²) in [4.78, 5) is 6.74. The van der Waals surface area contributed by atoms with E-state index in [4.69, 9.17) is 4.74 Å². The third-order valence-corrected chi connectivity index (χ3v) is 5.05. The Bertz CT molecular complexity index is 340. The molecular weight excluding hydrogens is 288 g/mol. The van der Waals surface area contributed by atoms with E-state index in [1.54, 1.807) is 0 Å². The van der Waals surface area contributed by atoms with Crippen LogP contribution in [0.1, 0.15) is 51.4 Å². The first kappa shape index (κ1) is 18.5. The molecule has 0 bridgehead atoms. The van der Waals surface area contributed by atoms with E-state index in [9.17, 15) is 0 Å². The van der Waals surface area contributed by atoms with Crippen LogP contribution in [0.4, 0.5) is 0 Å². The molecule has 1 atom stereocenters. The maximum Gasteiger partial charge on any atom is 0.191 e. The predicted molar refractivity (Wildman–Crippen MR) is 97.0 cm³/mol. The van der Waals surface area contributed by atoms with Crippen molar-refractivity contribution in [1.29, 1.82) is 0 Å². The smallest absolute Gasteiger partial charge is 0.191 e. The molecule has 1 saturated heterocycles. The van der Waals surface area contributed by atoms with Crippen LogP contribution in [0.5, 0.6) is 0 Å². The van der Waals surface area contributed by atoms with Gasteiger partial charge in [-0.3, -0.25) is 4.99 Å². The first-order chi connectivity index (χ1) is 11.3. The molecule has 0 spiro atoms. The van der Waals surface area contributed by atoms with E-state index in [2.05, 4.69) is 27.6 Å². The summed E-state index contributed by atoms with van der Waals surface area (Å²) in [5.74, 6) is 1.64. The normalized spacial score (nSPS) is 25.1. The first-order valence-electron chi connectivity index (χ1n) is 9.52. The topological polar surface area (TPSA) is 48.9 Å². The average molecular weight is 325 g/mol. The van der Waals surface area contributed by atoms with E-state index in [0.29, 0.717) is 6.10 Å². The Morgan fingerprint density at radius 1 is 1.09 bits per heavy atom. The Morgan fingerprint density at radius 2 is 1.87 bits per heavy atom. The van der Waals surface area contributed by atoms with Crippen molar-refractivity contribution >= 4 is 5.96 Å². The van der Waals surface area contributed by atoms with Crippen molar-refractivity contribution in [2.75, 3.05) is 46.9 Å². The van der Waals surface area contributed by atoms with Gasteiger partial charge in [0.1, 0.15) is 0 Å². The van der Waals surface area contributed by atoms with Gasteiger partial charge in [0.15, 0.2) is 5.96 Å². The molecule has 0 aromatic rings. The van der Waals surface area contributed by atoms with Gasteiger partial charge < -0.3 is 20.3 Å². The van der Waals surface area contributed by atoms with Crippen molar-refractivity contribution in [3.63, 3.8) is 0 Å². The zero-order valence-electron chi connectivity index (χ0n) is 15.1. The van der Waals surface area contributed by atoms with Crippen LogP contribution in [0, 0.1) is 5.92 Å². The summed E-state index contributed by atoms with van der Waals surface area (Å²) >= 11 is 0. The second kappa shape index (κ2) is 10.9. The highest BCUT2D eigenvalue weighted by atomic mass is 16.5. The summed E-state index contributed by atoms with van der Waals surface area (Å²) in [7, 11) is 4.05. The van der Waals surface area contributed by atoms with Crippen molar-refractivity contribution in [3.05, 3.63) is 0 Å². The first-order valence-corrected chi connectivity index (χ1v) is 9.52. The molecule has 1 unspecified atom stereocenters. The fourth-order valence-electron chi connectivity index (χ4n) is 3.71. The number of rotatable bonds is 6. The molecule has 1 aliphatic carbocycles. The van der Waals surface area contributed by atoms with Gasteiger partial charge in [-0.15, -0.1) is 0 Å². The van der Waals surface area contributed by atoms with Crippen LogP contribution in [0.2, 0.25) is 0 Å². The van der Waals surface area contributed by atoms with E-state index in [1.165, 1.54) is 64.5 Å². The molecule has 5 nitrogen and oxygen atoms in total. The molecule has 2 rings (SSSR count). The highest BCUT2D eigenvalue weighted by Gasteiger charge is 2.17. The average Bonchev–Trinajstić information content (AvgIpc) is 2.83. The molecule has 0 aromatic carbocycles. The van der Waals surface area contributed by atoms with Gasteiger partial charge in [-0.05, 0) is 45.2 Å². The number of guanidine groups is 1. The summed E-state index contributed by atoms with van der Waals surface area (Å²) in [6.07, 6.45) is 11.0. The van der Waals surface area contributed by atoms with Crippen LogP contribution in [0.25, 0.3) is 0 Å². The van der Waals surface area contributed by atoms with Gasteiger partial charge in [0.05, 0.1) is 12.7 Å². The molecule has 1 heterocycles. The number of aliphatic imine (C=N–C) groups is 1. The second-order valence-corrected chi connectivity index (χ2v) is 7.13. The van der Waals surface area contributed by atoms with E-state index in [-0.39, 0.29) is 0 Å². The molecule has 23 heavy (non-hydrogen) atoms. The number of hydrogen-bond acceptors (Lipinski definition) is 3. The van der Waals surface area contributed by atoms with Gasteiger partial charge in [0, 0.05) is 26.7 Å². The van der Waals surface area contributed by atoms with Gasteiger partial charge >= 0.3 is 0 Å². The van der Waals surface area contributed by atoms with Crippen molar-refractivity contribution in [3.8, 4) is 0 Å². The van der Waals surface area contributed by atoms with Crippen LogP contribution < -0.4 is 10.6 Å². The fraction of sp³-hybridized carbons (Fsp3) is 0.944. The number of piperidine rings is 1. The van der Waals surface area contributed by atoms with Crippen LogP contribution in [0.15, 0.2) is 4.99 Å². The fourth-order valence-corrected chi connectivity index (χ4v) is 3.71. The molecular formula is C18H36N4O. The zero-order chi connectivity index (χ0) is 16.3. The quantitative estimate of drug-likeness (QED) is 0.340. The van der Waals surface area contributed by atoms with Gasteiger partial charge in [-0.1, -0.05) is 25.7 Å². The standard InChI is InChI=1S/C18H36N4O/c1-19-18(21-14-16-8-7-12-22(2)15-16)20-11-13-23-17-9-5-3-4-6-10-17/h16-17H,3-15H2,1-2H3,(H2,19,20,21). The van der Waals surface area contributed by atoms with Crippen LogP contribution in [-0.2, 0) is 4.74 Å².